The van der Waals surface area contributed by atoms with Crippen LogP contribution in [0.25, 0.3) is 0 Å². The zero-order chi connectivity index (χ0) is 10.3. The van der Waals surface area contributed by atoms with Gasteiger partial charge in [0.25, 0.3) is 0 Å². The predicted molar refractivity (Wildman–Crippen MR) is 54.4 cm³/mol. The summed E-state index contributed by atoms with van der Waals surface area (Å²) < 4.78 is 0. The Balaban J connectivity index is 2.93. The zero-order valence-electron chi connectivity index (χ0n) is 9.59. The van der Waals surface area contributed by atoms with Gasteiger partial charge in [0.15, 0.2) is 0 Å². The molecule has 1 saturated carbocycles. The third kappa shape index (κ3) is 1.50. The Morgan fingerprint density at radius 2 is 1.92 bits per heavy atom. The monoisotopic (exact) mass is 186 g/mol. The van der Waals surface area contributed by atoms with Crippen LogP contribution in [-0.2, 0) is 0 Å². The topological polar surface area (TPSA) is 36.8 Å². The minimum atomic E-state index is -0.503. The maximum absolute atomic E-state index is 10.3. The third-order valence-corrected chi connectivity index (χ3v) is 4.28. The van der Waals surface area contributed by atoms with Crippen LogP contribution in [0.4, 0.5) is 0 Å². The van der Waals surface area contributed by atoms with E-state index in [1.165, 1.54) is 0 Å². The van der Waals surface area contributed by atoms with Gasteiger partial charge in [-0.1, -0.05) is 13.8 Å². The second-order valence-electron chi connectivity index (χ2n) is 5.23. The van der Waals surface area contributed by atoms with Crippen molar-refractivity contribution in [3.8, 4) is 0 Å². The first kappa shape index (κ1) is 11.0. The van der Waals surface area contributed by atoms with Crippen molar-refractivity contribution in [3.63, 3.8) is 0 Å². The van der Waals surface area contributed by atoms with Crippen LogP contribution < -0.4 is 5.32 Å². The molecule has 0 aromatic heterocycles. The summed E-state index contributed by atoms with van der Waals surface area (Å²) in [6.07, 6.45) is 2.10. The average molecular weight is 186 g/mol. The Morgan fingerprint density at radius 3 is 2.23 bits per heavy atom. The molecule has 0 aromatic rings. The van der Waals surface area contributed by atoms with Crippen LogP contribution in [0.15, 0.2) is 0 Å². The van der Waals surface area contributed by atoms with Gasteiger partial charge in [-0.2, -0.15) is 0 Å². The van der Waals surface area contributed by atoms with E-state index in [0.717, 1.165) is 12.8 Å². The molecule has 0 bridgehead atoms. The van der Waals surface area contributed by atoms with E-state index in [4.69, 9.17) is 0 Å². The van der Waals surface area contributed by atoms with Crippen LogP contribution in [0.5, 0.6) is 0 Å². The van der Waals surface area contributed by atoms with E-state index in [9.17, 15) is 5.11 Å². The van der Waals surface area contributed by atoms with Crippen molar-refractivity contribution in [1.29, 1.82) is 0 Å². The Morgan fingerprint density at radius 1 is 1.38 bits per heavy atom. The molecular formula is C11H24NO+. The van der Waals surface area contributed by atoms with Gasteiger partial charge in [-0.3, -0.25) is 0 Å². The maximum atomic E-state index is 10.3. The lowest BCUT2D eigenvalue weighted by atomic mass is 9.75. The summed E-state index contributed by atoms with van der Waals surface area (Å²) >= 11 is 0. The average Bonchev–Trinajstić information content (AvgIpc) is 2.25. The minimum Gasteiger partial charge on any atom is -0.384 e. The molecule has 0 amide bonds. The standard InChI is InChI=1S/C11H23NO/c1-8(2)9-6-7-10(3,13)11(9,4)12-5/h8-9,12-13H,6-7H2,1-5H3/p+1/t9-,10+,11+/m1/s1. The van der Waals surface area contributed by atoms with Crippen molar-refractivity contribution in [2.75, 3.05) is 7.05 Å². The van der Waals surface area contributed by atoms with Crippen molar-refractivity contribution in [1.82, 2.24) is 0 Å². The smallest absolute Gasteiger partial charge is 0.125 e. The van der Waals surface area contributed by atoms with Gasteiger partial charge in [0.2, 0.25) is 0 Å². The SMILES string of the molecule is C[NH2+][C@@]1(C)[C@@H](C(C)C)CC[C@]1(C)O. The number of quaternary nitrogens is 1. The number of nitrogens with two attached hydrogens (primary N) is 1. The lowest BCUT2D eigenvalue weighted by Gasteiger charge is -2.38. The molecule has 0 spiro atoms. The van der Waals surface area contributed by atoms with Crippen LogP contribution in [0.3, 0.4) is 0 Å². The van der Waals surface area contributed by atoms with Gasteiger partial charge in [0, 0.05) is 5.92 Å². The second kappa shape index (κ2) is 3.25. The van der Waals surface area contributed by atoms with E-state index in [1.54, 1.807) is 0 Å². The lowest BCUT2D eigenvalue weighted by molar-refractivity contribution is -0.721. The van der Waals surface area contributed by atoms with E-state index in [1.807, 2.05) is 6.92 Å². The van der Waals surface area contributed by atoms with Crippen LogP contribution in [0.1, 0.15) is 40.5 Å². The molecule has 0 aliphatic heterocycles. The summed E-state index contributed by atoms with van der Waals surface area (Å²) in [6, 6.07) is 0. The summed E-state index contributed by atoms with van der Waals surface area (Å²) in [6.45, 7) is 8.70. The fourth-order valence-corrected chi connectivity index (χ4v) is 2.96. The Bertz CT molecular complexity index is 189. The van der Waals surface area contributed by atoms with Crippen LogP contribution >= 0.6 is 0 Å². The zero-order valence-corrected chi connectivity index (χ0v) is 9.59. The van der Waals surface area contributed by atoms with Crippen LogP contribution in [0.2, 0.25) is 0 Å². The third-order valence-electron chi connectivity index (χ3n) is 4.28. The summed E-state index contributed by atoms with van der Waals surface area (Å²) in [4.78, 5) is 0. The summed E-state index contributed by atoms with van der Waals surface area (Å²) in [5.74, 6) is 1.29. The largest absolute Gasteiger partial charge is 0.384 e. The summed E-state index contributed by atoms with van der Waals surface area (Å²) in [5.41, 5.74) is -0.502. The molecule has 1 aliphatic rings. The van der Waals surface area contributed by atoms with Gasteiger partial charge in [0.05, 0.1) is 7.05 Å². The number of hydrogen-bond donors (Lipinski definition) is 2. The molecule has 1 rings (SSSR count). The van der Waals surface area contributed by atoms with Crippen molar-refractivity contribution < 1.29 is 10.4 Å². The normalized spacial score (nSPS) is 45.9. The molecule has 78 valence electrons. The molecule has 0 unspecified atom stereocenters. The molecule has 2 heteroatoms. The maximum Gasteiger partial charge on any atom is 0.125 e. The minimum absolute atomic E-state index is 0.00116. The number of likely N-dealkylation sites (N-methyl/N-ethyl adjacent to an activating group) is 1. The Kier molecular flexibility index (Phi) is 2.75. The first-order valence-electron chi connectivity index (χ1n) is 5.38. The molecule has 3 N–H and O–H groups in total. The van der Waals surface area contributed by atoms with Crippen molar-refractivity contribution >= 4 is 0 Å². The highest BCUT2D eigenvalue weighted by molar-refractivity contribution is 5.04. The van der Waals surface area contributed by atoms with Gasteiger partial charge in [-0.15, -0.1) is 0 Å². The first-order chi connectivity index (χ1) is 5.85. The molecule has 0 radical (unpaired) electrons. The molecule has 0 heterocycles. The lowest BCUT2D eigenvalue weighted by Crippen LogP contribution is -2.98. The molecule has 3 atom stereocenters. The molecule has 1 fully saturated rings. The van der Waals surface area contributed by atoms with Crippen LogP contribution in [-0.4, -0.2) is 23.3 Å². The van der Waals surface area contributed by atoms with Crippen molar-refractivity contribution in [3.05, 3.63) is 0 Å². The Hall–Kier alpha value is -0.0800. The number of hydrogen-bond acceptors (Lipinski definition) is 1. The highest BCUT2D eigenvalue weighted by Gasteiger charge is 2.57. The molecule has 1 aliphatic carbocycles. The molecule has 0 saturated heterocycles. The van der Waals surface area contributed by atoms with Crippen molar-refractivity contribution in [2.24, 2.45) is 11.8 Å². The van der Waals surface area contributed by atoms with Gasteiger partial charge in [-0.25, -0.2) is 0 Å². The first-order valence-corrected chi connectivity index (χ1v) is 5.38. The molecule has 0 aromatic carbocycles. The highest BCUT2D eigenvalue weighted by Crippen LogP contribution is 2.44. The van der Waals surface area contributed by atoms with E-state index in [0.29, 0.717) is 11.8 Å². The van der Waals surface area contributed by atoms with E-state index < -0.39 is 5.60 Å². The second-order valence-corrected chi connectivity index (χ2v) is 5.23. The summed E-state index contributed by atoms with van der Waals surface area (Å²) in [5, 5.41) is 12.5. The van der Waals surface area contributed by atoms with Crippen molar-refractivity contribution in [2.45, 2.75) is 51.7 Å². The van der Waals surface area contributed by atoms with E-state index >= 15 is 0 Å². The van der Waals surface area contributed by atoms with Gasteiger partial charge in [0.1, 0.15) is 11.1 Å². The van der Waals surface area contributed by atoms with Gasteiger partial charge >= 0.3 is 0 Å². The van der Waals surface area contributed by atoms with E-state index in [-0.39, 0.29) is 5.54 Å². The predicted octanol–water partition coefficient (Wildman–Crippen LogP) is 0.755. The number of rotatable bonds is 2. The van der Waals surface area contributed by atoms with Gasteiger partial charge in [-0.05, 0) is 32.6 Å². The van der Waals surface area contributed by atoms with Gasteiger partial charge < -0.3 is 10.4 Å². The van der Waals surface area contributed by atoms with Crippen LogP contribution in [0, 0.1) is 11.8 Å². The Labute approximate surface area is 81.7 Å². The fourth-order valence-electron chi connectivity index (χ4n) is 2.96. The molecule has 2 nitrogen and oxygen atoms in total. The quantitative estimate of drug-likeness (QED) is 0.656. The molecule has 13 heavy (non-hydrogen) atoms. The van der Waals surface area contributed by atoms with E-state index in [2.05, 4.69) is 33.1 Å². The fraction of sp³-hybridized carbons (Fsp3) is 1.00. The summed E-state index contributed by atoms with van der Waals surface area (Å²) in [7, 11) is 2.08. The molecular weight excluding hydrogens is 162 g/mol. The number of aliphatic hydroxyl groups is 1. The highest BCUT2D eigenvalue weighted by atomic mass is 16.3.